The molecule has 0 aromatic heterocycles. The Morgan fingerprint density at radius 2 is 1.11 bits per heavy atom. The molecule has 0 saturated carbocycles. The number of hydrogen-bond donors (Lipinski definition) is 1. The molecule has 0 atom stereocenters. The fraction of sp³-hybridized carbons (Fsp3) is 0.739. The van der Waals surface area contributed by atoms with Crippen molar-refractivity contribution in [2.45, 2.75) is 97.6 Å². The summed E-state index contributed by atoms with van der Waals surface area (Å²) in [6.45, 7) is 24.2. The van der Waals surface area contributed by atoms with Gasteiger partial charge in [-0.25, -0.2) is 0 Å². The van der Waals surface area contributed by atoms with Crippen molar-refractivity contribution in [1.82, 2.24) is 0 Å². The fourth-order valence-corrected chi connectivity index (χ4v) is 4.73. The number of benzene rings is 1. The number of aryl methyl sites for hydroxylation is 1. The second-order valence-electron chi connectivity index (χ2n) is 10.4. The molecule has 2 nitrogen and oxygen atoms in total. The molecule has 0 unspecified atom stereocenters. The van der Waals surface area contributed by atoms with Gasteiger partial charge in [-0.1, -0.05) is 109 Å². The van der Waals surface area contributed by atoms with E-state index in [0.717, 1.165) is 23.0 Å². The first kappa shape index (κ1) is 36.0. The van der Waals surface area contributed by atoms with Crippen molar-refractivity contribution in [1.29, 1.82) is 0 Å². The maximum atomic E-state index is 10.4. The topological polar surface area (TPSA) is 51.7 Å². The Bertz CT molecular complexity index is 489. The molecule has 0 saturated heterocycles. The number of phenols is 1. The van der Waals surface area contributed by atoms with Crippen LogP contribution >= 0.6 is 0 Å². The molecular weight excluding hydrogens is 369 g/mol. The molecule has 0 fully saturated rings. The molecule has 0 spiro atoms. The van der Waals surface area contributed by atoms with E-state index in [1.807, 2.05) is 0 Å². The van der Waals surface area contributed by atoms with Crippen LogP contribution in [0.3, 0.4) is 0 Å². The summed E-state index contributed by atoms with van der Waals surface area (Å²) in [6.07, 6.45) is 0. The Morgan fingerprint density at radius 3 is 1.32 bits per heavy atom. The molecule has 0 amide bonds. The van der Waals surface area contributed by atoms with Crippen molar-refractivity contribution in [2.75, 3.05) is 0 Å². The van der Waals surface area contributed by atoms with Gasteiger partial charge in [0.05, 0.1) is 8.41 Å². The van der Waals surface area contributed by atoms with Gasteiger partial charge < -0.3 is 10.6 Å². The van der Waals surface area contributed by atoms with Crippen molar-refractivity contribution in [2.24, 2.45) is 11.8 Å². The van der Waals surface area contributed by atoms with Crippen molar-refractivity contribution >= 4 is 53.2 Å². The predicted octanol–water partition coefficient (Wildman–Crippen LogP) is 4.21. The third-order valence-electron chi connectivity index (χ3n) is 4.43. The van der Waals surface area contributed by atoms with Gasteiger partial charge in [0.2, 0.25) is 15.2 Å². The van der Waals surface area contributed by atoms with Gasteiger partial charge in [-0.3, -0.25) is 0 Å². The van der Waals surface area contributed by atoms with E-state index in [1.54, 1.807) is 0 Å². The second-order valence-corrected chi connectivity index (χ2v) is 12.3. The number of hydrogen-bond acceptors (Lipinski definition) is 1. The van der Waals surface area contributed by atoms with Crippen molar-refractivity contribution in [3.8, 4) is 5.75 Å². The molecule has 28 heavy (non-hydrogen) atoms. The number of phenolic OH excluding ortho intramolecular Hbond substituents is 1. The van der Waals surface area contributed by atoms with E-state index in [2.05, 4.69) is 88.3 Å². The third kappa shape index (κ3) is 14.5. The van der Waals surface area contributed by atoms with Crippen LogP contribution in [0.5, 0.6) is 5.75 Å². The first-order valence-electron chi connectivity index (χ1n) is 10.0. The standard InChI is InChI=1S/C15H24O.2C4H9.Al.BH3.Na.H2O.2H/c1-10-8-11(14(2,3)4)13(16)12(9-10)15(5,6)7;2*1-4(2)3;;;;;;/h8-9,16H,1-7H3;2*4H,1H2,2-3H3;;1H3;;1H2;;. The van der Waals surface area contributed by atoms with Crippen LogP contribution < -0.4 is 0 Å². The molecule has 0 bridgehead atoms. The molecule has 0 heterocycles. The van der Waals surface area contributed by atoms with E-state index in [9.17, 15) is 5.11 Å². The average molecular weight is 418 g/mol. The van der Waals surface area contributed by atoms with Crippen LogP contribution in [-0.4, -0.2) is 63.8 Å². The zero-order valence-electron chi connectivity index (χ0n) is 19.4. The van der Waals surface area contributed by atoms with Gasteiger partial charge in [-0.15, -0.1) is 0 Å². The molecule has 0 aliphatic rings. The van der Waals surface area contributed by atoms with Crippen LogP contribution in [0.15, 0.2) is 12.1 Å². The van der Waals surface area contributed by atoms with Gasteiger partial charge in [0.25, 0.3) is 0 Å². The zero-order chi connectivity index (χ0) is 20.0. The van der Waals surface area contributed by atoms with E-state index >= 15 is 0 Å². The quantitative estimate of drug-likeness (QED) is 0.732. The van der Waals surface area contributed by atoms with Crippen LogP contribution in [-0.2, 0) is 10.8 Å². The second kappa shape index (κ2) is 15.4. The minimum absolute atomic E-state index is 0. The summed E-state index contributed by atoms with van der Waals surface area (Å²) in [6, 6.07) is 4.18. The van der Waals surface area contributed by atoms with Crippen LogP contribution in [0, 0.1) is 18.8 Å². The van der Waals surface area contributed by atoms with Crippen LogP contribution in [0.4, 0.5) is 0 Å². The number of aromatic hydroxyl groups is 1. The van der Waals surface area contributed by atoms with Crippen molar-refractivity contribution in [3.05, 3.63) is 28.8 Å². The maximum absolute atomic E-state index is 10.4. The first-order valence-corrected chi connectivity index (χ1v) is 12.0. The molecule has 160 valence electrons. The minimum atomic E-state index is -0.0178. The fourth-order valence-electron chi connectivity index (χ4n) is 2.86. The number of rotatable bonds is 4. The van der Waals surface area contributed by atoms with Gasteiger partial charge in [0.1, 0.15) is 5.75 Å². The van der Waals surface area contributed by atoms with Gasteiger partial charge in [0.15, 0.2) is 0 Å². The van der Waals surface area contributed by atoms with Gasteiger partial charge >= 0.3 is 29.6 Å². The van der Waals surface area contributed by atoms with Crippen LogP contribution in [0.25, 0.3) is 0 Å². The van der Waals surface area contributed by atoms with E-state index in [-0.39, 0.29) is 54.3 Å². The van der Waals surface area contributed by atoms with E-state index < -0.39 is 0 Å². The van der Waals surface area contributed by atoms with E-state index in [1.165, 1.54) is 16.1 Å². The third-order valence-corrected chi connectivity index (χ3v) is 7.56. The molecule has 0 aliphatic heterocycles. The Labute approximate surface area is 206 Å². The summed E-state index contributed by atoms with van der Waals surface area (Å²) in [7, 11) is 0. The molecule has 5 heteroatoms. The summed E-state index contributed by atoms with van der Waals surface area (Å²) in [5.74, 6) is 2.37. The summed E-state index contributed by atoms with van der Waals surface area (Å²) in [4.78, 5) is 0. The molecule has 0 radical (unpaired) electrons. The van der Waals surface area contributed by atoms with Crippen molar-refractivity contribution in [3.63, 3.8) is 0 Å². The summed E-state index contributed by atoms with van der Waals surface area (Å²) < 4.78 is 0. The summed E-state index contributed by atoms with van der Waals surface area (Å²) in [5.41, 5.74) is 3.26. The first-order chi connectivity index (χ1) is 11.2. The molecule has 3 N–H and O–H groups in total. The van der Waals surface area contributed by atoms with Crippen LogP contribution in [0.2, 0.25) is 10.6 Å². The van der Waals surface area contributed by atoms with Crippen molar-refractivity contribution < 1.29 is 10.6 Å². The Kier molecular flexibility index (Phi) is 19.8. The van der Waals surface area contributed by atoms with E-state index in [0.29, 0.717) is 21.0 Å². The van der Waals surface area contributed by atoms with Gasteiger partial charge in [-0.2, -0.15) is 0 Å². The Morgan fingerprint density at radius 1 is 0.821 bits per heavy atom. The van der Waals surface area contributed by atoms with Gasteiger partial charge in [0, 0.05) is 0 Å². The molecule has 1 aromatic carbocycles. The van der Waals surface area contributed by atoms with Gasteiger partial charge in [-0.05, 0) is 28.9 Å². The summed E-state index contributed by atoms with van der Waals surface area (Å²) in [5, 5.41) is 13.5. The van der Waals surface area contributed by atoms with Crippen LogP contribution in [0.1, 0.15) is 85.9 Å². The molecule has 0 aliphatic carbocycles. The molecular formula is C23H49AlBNaO2. The normalized spacial score (nSPS) is 10.9. The SMILES string of the molecule is B.CC(C)[CH2][AlH][CH2]C(C)C.Cc1cc(C(C)(C)C)c(O)c(C(C)(C)C)c1.O.[NaH]. The van der Waals surface area contributed by atoms with E-state index in [4.69, 9.17) is 0 Å². The monoisotopic (exact) mass is 418 g/mol. The molecule has 1 rings (SSSR count). The predicted molar refractivity (Wildman–Crippen MR) is 137 cm³/mol. The molecule has 1 aromatic rings. The Balaban J connectivity index is -0.000000211. The Hall–Kier alpha value is 0.577. The average Bonchev–Trinajstić information content (AvgIpc) is 2.38. The summed E-state index contributed by atoms with van der Waals surface area (Å²) >= 11 is 0.316. The zero-order valence-corrected chi connectivity index (χ0v) is 20.8.